The minimum absolute atomic E-state index is 0.0219. The predicted molar refractivity (Wildman–Crippen MR) is 96.5 cm³/mol. The van der Waals surface area contributed by atoms with Gasteiger partial charge in [-0.3, -0.25) is 4.79 Å². The van der Waals surface area contributed by atoms with Crippen molar-refractivity contribution in [1.29, 1.82) is 0 Å². The van der Waals surface area contributed by atoms with E-state index in [2.05, 4.69) is 0 Å². The number of ether oxygens (including phenoxy) is 1. The van der Waals surface area contributed by atoms with E-state index in [1.54, 1.807) is 0 Å². The van der Waals surface area contributed by atoms with Gasteiger partial charge >= 0.3 is 0 Å². The van der Waals surface area contributed by atoms with Gasteiger partial charge in [0.05, 0.1) is 5.56 Å². The SMILES string of the molecule is CN(CC1CCC1)C(=O)c1ccccc1OCc1ccc(Cl)cc1. The van der Waals surface area contributed by atoms with Crippen molar-refractivity contribution in [2.24, 2.45) is 5.92 Å². The fourth-order valence-electron chi connectivity index (χ4n) is 2.86. The summed E-state index contributed by atoms with van der Waals surface area (Å²) in [6.07, 6.45) is 3.74. The van der Waals surface area contributed by atoms with Crippen molar-refractivity contribution in [3.8, 4) is 5.75 Å². The second-order valence-electron chi connectivity index (χ2n) is 6.39. The molecule has 2 aromatic rings. The number of carbonyl (C=O) groups is 1. The van der Waals surface area contributed by atoms with E-state index in [0.29, 0.717) is 28.9 Å². The van der Waals surface area contributed by atoms with E-state index in [9.17, 15) is 4.79 Å². The molecule has 3 rings (SSSR count). The normalized spacial score (nSPS) is 14.1. The van der Waals surface area contributed by atoms with Crippen molar-refractivity contribution in [3.63, 3.8) is 0 Å². The smallest absolute Gasteiger partial charge is 0.257 e. The van der Waals surface area contributed by atoms with Crippen LogP contribution in [0.3, 0.4) is 0 Å². The molecule has 2 aromatic carbocycles. The number of rotatable bonds is 6. The molecule has 0 saturated heterocycles. The second kappa shape index (κ2) is 7.71. The molecule has 24 heavy (non-hydrogen) atoms. The lowest BCUT2D eigenvalue weighted by molar-refractivity contribution is 0.0740. The van der Waals surface area contributed by atoms with Crippen LogP contribution in [0.1, 0.15) is 35.2 Å². The van der Waals surface area contributed by atoms with E-state index in [1.807, 2.05) is 60.5 Å². The summed E-state index contributed by atoms with van der Waals surface area (Å²) in [6, 6.07) is 15.0. The molecule has 0 heterocycles. The van der Waals surface area contributed by atoms with Gasteiger partial charge in [-0.1, -0.05) is 42.3 Å². The van der Waals surface area contributed by atoms with Crippen molar-refractivity contribution in [3.05, 3.63) is 64.7 Å². The van der Waals surface area contributed by atoms with Crippen LogP contribution in [-0.2, 0) is 6.61 Å². The second-order valence-corrected chi connectivity index (χ2v) is 6.83. The number of para-hydroxylation sites is 1. The fourth-order valence-corrected chi connectivity index (χ4v) is 2.99. The third-order valence-electron chi connectivity index (χ3n) is 4.53. The van der Waals surface area contributed by atoms with Crippen LogP contribution in [0, 0.1) is 5.92 Å². The van der Waals surface area contributed by atoms with Gasteiger partial charge in [-0.25, -0.2) is 0 Å². The average molecular weight is 344 g/mol. The summed E-state index contributed by atoms with van der Waals surface area (Å²) in [4.78, 5) is 14.5. The summed E-state index contributed by atoms with van der Waals surface area (Å²) in [5.74, 6) is 1.30. The monoisotopic (exact) mass is 343 g/mol. The number of benzene rings is 2. The molecule has 1 fully saturated rings. The molecule has 1 aliphatic carbocycles. The van der Waals surface area contributed by atoms with Crippen LogP contribution in [0.25, 0.3) is 0 Å². The minimum Gasteiger partial charge on any atom is -0.488 e. The van der Waals surface area contributed by atoms with Crippen LogP contribution in [-0.4, -0.2) is 24.4 Å². The van der Waals surface area contributed by atoms with Crippen LogP contribution in [0.5, 0.6) is 5.75 Å². The van der Waals surface area contributed by atoms with E-state index in [-0.39, 0.29) is 5.91 Å². The van der Waals surface area contributed by atoms with Crippen molar-refractivity contribution >= 4 is 17.5 Å². The summed E-state index contributed by atoms with van der Waals surface area (Å²) in [5.41, 5.74) is 1.64. The third kappa shape index (κ3) is 4.09. The zero-order valence-electron chi connectivity index (χ0n) is 13.9. The maximum Gasteiger partial charge on any atom is 0.257 e. The first-order chi connectivity index (χ1) is 11.6. The predicted octanol–water partition coefficient (Wildman–Crippen LogP) is 4.79. The maximum absolute atomic E-state index is 12.7. The highest BCUT2D eigenvalue weighted by molar-refractivity contribution is 6.30. The molecule has 0 bridgehead atoms. The molecule has 4 heteroatoms. The van der Waals surface area contributed by atoms with Gasteiger partial charge in [0.2, 0.25) is 0 Å². The van der Waals surface area contributed by atoms with Gasteiger partial charge in [-0.2, -0.15) is 0 Å². The molecule has 1 amide bonds. The molecule has 0 spiro atoms. The maximum atomic E-state index is 12.7. The Morgan fingerprint density at radius 3 is 2.54 bits per heavy atom. The van der Waals surface area contributed by atoms with Crippen molar-refractivity contribution < 1.29 is 9.53 Å². The molecule has 126 valence electrons. The van der Waals surface area contributed by atoms with Crippen LogP contribution >= 0.6 is 11.6 Å². The molecule has 1 saturated carbocycles. The molecule has 3 nitrogen and oxygen atoms in total. The Hall–Kier alpha value is -2.00. The lowest BCUT2D eigenvalue weighted by Crippen LogP contribution is -2.34. The first-order valence-electron chi connectivity index (χ1n) is 8.35. The molecule has 0 N–H and O–H groups in total. The van der Waals surface area contributed by atoms with Crippen molar-refractivity contribution in [1.82, 2.24) is 4.90 Å². The number of hydrogen-bond donors (Lipinski definition) is 0. The Kier molecular flexibility index (Phi) is 5.41. The highest BCUT2D eigenvalue weighted by atomic mass is 35.5. The zero-order chi connectivity index (χ0) is 16.9. The highest BCUT2D eigenvalue weighted by Gasteiger charge is 2.23. The summed E-state index contributed by atoms with van der Waals surface area (Å²) >= 11 is 5.90. The quantitative estimate of drug-likeness (QED) is 0.754. The topological polar surface area (TPSA) is 29.5 Å². The highest BCUT2D eigenvalue weighted by Crippen LogP contribution is 2.28. The van der Waals surface area contributed by atoms with Crippen molar-refractivity contribution in [2.75, 3.05) is 13.6 Å². The summed E-state index contributed by atoms with van der Waals surface area (Å²) < 4.78 is 5.89. The molecule has 0 atom stereocenters. The number of halogens is 1. The number of carbonyl (C=O) groups excluding carboxylic acids is 1. The van der Waals surface area contributed by atoms with Crippen LogP contribution in [0.4, 0.5) is 0 Å². The van der Waals surface area contributed by atoms with E-state index < -0.39 is 0 Å². The van der Waals surface area contributed by atoms with E-state index in [4.69, 9.17) is 16.3 Å². The van der Waals surface area contributed by atoms with Gasteiger partial charge in [-0.05, 0) is 48.6 Å². The Labute approximate surface area is 148 Å². The Morgan fingerprint density at radius 1 is 1.17 bits per heavy atom. The average Bonchev–Trinajstić information content (AvgIpc) is 2.57. The van der Waals surface area contributed by atoms with Gasteiger partial charge < -0.3 is 9.64 Å². The molecule has 0 radical (unpaired) electrons. The first kappa shape index (κ1) is 16.8. The molecule has 1 aliphatic rings. The molecule has 0 unspecified atom stereocenters. The van der Waals surface area contributed by atoms with Crippen LogP contribution < -0.4 is 4.74 Å². The van der Waals surface area contributed by atoms with Crippen molar-refractivity contribution in [2.45, 2.75) is 25.9 Å². The van der Waals surface area contributed by atoms with Gasteiger partial charge in [0, 0.05) is 18.6 Å². The zero-order valence-corrected chi connectivity index (χ0v) is 14.6. The fraction of sp³-hybridized carbons (Fsp3) is 0.350. The third-order valence-corrected chi connectivity index (χ3v) is 4.78. The standard InChI is InChI=1S/C20H22ClNO2/c1-22(13-15-5-4-6-15)20(23)18-7-2-3-8-19(18)24-14-16-9-11-17(21)12-10-16/h2-3,7-12,15H,4-6,13-14H2,1H3. The van der Waals surface area contributed by atoms with Gasteiger partial charge in [-0.15, -0.1) is 0 Å². The summed E-state index contributed by atoms with van der Waals surface area (Å²) in [7, 11) is 1.87. The van der Waals surface area contributed by atoms with Gasteiger partial charge in [0.25, 0.3) is 5.91 Å². The Bertz CT molecular complexity index is 695. The van der Waals surface area contributed by atoms with Gasteiger partial charge in [0.15, 0.2) is 0 Å². The van der Waals surface area contributed by atoms with E-state index in [0.717, 1.165) is 12.1 Å². The van der Waals surface area contributed by atoms with E-state index >= 15 is 0 Å². The van der Waals surface area contributed by atoms with E-state index in [1.165, 1.54) is 19.3 Å². The van der Waals surface area contributed by atoms with Crippen LogP contribution in [0.15, 0.2) is 48.5 Å². The van der Waals surface area contributed by atoms with Crippen LogP contribution in [0.2, 0.25) is 5.02 Å². The molecule has 0 aromatic heterocycles. The lowest BCUT2D eigenvalue weighted by Gasteiger charge is -2.30. The first-order valence-corrected chi connectivity index (χ1v) is 8.73. The Balaban J connectivity index is 1.67. The lowest BCUT2D eigenvalue weighted by atomic mass is 9.85. The minimum atomic E-state index is 0.0219. The molecule has 0 aliphatic heterocycles. The Morgan fingerprint density at radius 2 is 1.88 bits per heavy atom. The molecular formula is C20H22ClNO2. The largest absolute Gasteiger partial charge is 0.488 e. The summed E-state index contributed by atoms with van der Waals surface area (Å²) in [6.45, 7) is 1.23. The van der Waals surface area contributed by atoms with Gasteiger partial charge in [0.1, 0.15) is 12.4 Å². The molecular weight excluding hydrogens is 322 g/mol. The number of hydrogen-bond acceptors (Lipinski definition) is 2. The summed E-state index contributed by atoms with van der Waals surface area (Å²) in [5, 5.41) is 0.701. The number of amides is 1. The number of nitrogens with zero attached hydrogens (tertiary/aromatic N) is 1.